The molecule has 4 aliphatic carbocycles. The molecule has 4 unspecified atom stereocenters. The van der Waals surface area contributed by atoms with Crippen LogP contribution in [0.1, 0.15) is 97.0 Å². The molecule has 0 radical (unpaired) electrons. The van der Waals surface area contributed by atoms with Gasteiger partial charge >= 0.3 is 0 Å². The number of aromatic amines is 1. The van der Waals surface area contributed by atoms with Crippen LogP contribution in [0.25, 0.3) is 10.9 Å². The van der Waals surface area contributed by atoms with E-state index in [1.54, 1.807) is 6.92 Å². The van der Waals surface area contributed by atoms with Crippen molar-refractivity contribution in [2.45, 2.75) is 104 Å². The Morgan fingerprint density at radius 1 is 1.05 bits per heavy atom. The Morgan fingerprint density at radius 3 is 2.57 bits per heavy atom. The number of carbonyl (C=O) groups excluding carboxylic acids is 1. The van der Waals surface area contributed by atoms with Crippen LogP contribution >= 0.6 is 0 Å². The Kier molecular flexibility index (Phi) is 6.27. The van der Waals surface area contributed by atoms with Gasteiger partial charge in [-0.1, -0.05) is 19.9 Å². The Bertz CT molecular complexity index is 1170. The van der Waals surface area contributed by atoms with E-state index in [2.05, 4.69) is 42.3 Å². The topological polar surface area (TPSA) is 91.1 Å². The maximum absolute atomic E-state index is 12.2. The van der Waals surface area contributed by atoms with Crippen molar-refractivity contribution in [3.63, 3.8) is 0 Å². The fourth-order valence-corrected chi connectivity index (χ4v) is 10.1. The highest BCUT2D eigenvalue weighted by molar-refractivity contribution is 6.03. The Balaban J connectivity index is 1.20. The van der Waals surface area contributed by atoms with Crippen LogP contribution in [0.2, 0.25) is 0 Å². The fraction of sp³-hybridized carbons (Fsp3) is 0.719. The average Bonchev–Trinajstić information content (AvgIpc) is 3.43. The summed E-state index contributed by atoms with van der Waals surface area (Å²) in [4.78, 5) is 15.5. The molecule has 0 bridgehead atoms. The molecule has 1 heterocycles. The van der Waals surface area contributed by atoms with Gasteiger partial charge in [0.15, 0.2) is 0 Å². The lowest BCUT2D eigenvalue weighted by atomic mass is 9.44. The third kappa shape index (κ3) is 3.98. The lowest BCUT2D eigenvalue weighted by molar-refractivity contribution is -0.120. The molecule has 6 rings (SSSR count). The van der Waals surface area contributed by atoms with Crippen LogP contribution in [0.15, 0.2) is 24.4 Å². The minimum absolute atomic E-state index is 0.151. The number of hydrogen-bond donors (Lipinski definition) is 4. The molecule has 202 valence electrons. The van der Waals surface area contributed by atoms with Gasteiger partial charge in [0.05, 0.1) is 17.8 Å². The number of H-pyrrole nitrogens is 1. The molecule has 0 saturated heterocycles. The number of fused-ring (bicyclic) bond motifs is 6. The summed E-state index contributed by atoms with van der Waals surface area (Å²) in [5.74, 6) is 4.24. The molecular weight excluding hydrogens is 458 g/mol. The molecular formula is C32H47N3O2. The van der Waals surface area contributed by atoms with Crippen LogP contribution in [-0.4, -0.2) is 28.1 Å². The predicted octanol–water partition coefficient (Wildman–Crippen LogP) is 6.58. The van der Waals surface area contributed by atoms with Crippen LogP contribution in [0.5, 0.6) is 0 Å². The van der Waals surface area contributed by atoms with Crippen molar-refractivity contribution in [3.05, 3.63) is 30.0 Å². The van der Waals surface area contributed by atoms with Crippen molar-refractivity contribution in [2.24, 2.45) is 46.2 Å². The second-order valence-electron chi connectivity index (χ2n) is 13.9. The van der Waals surface area contributed by atoms with E-state index >= 15 is 0 Å². The highest BCUT2D eigenvalue weighted by atomic mass is 16.3. The average molecular weight is 506 g/mol. The Morgan fingerprint density at radius 2 is 1.81 bits per heavy atom. The summed E-state index contributed by atoms with van der Waals surface area (Å²) in [6.07, 6.45) is 13.5. The van der Waals surface area contributed by atoms with Crippen LogP contribution < -0.4 is 11.1 Å². The quantitative estimate of drug-likeness (QED) is 0.378. The zero-order chi connectivity index (χ0) is 26.1. The number of nitrogens with two attached hydrogens (primary N) is 1. The Hall–Kier alpha value is -1.85. The smallest absolute Gasteiger partial charge is 0.241 e. The molecule has 5 N–H and O–H groups in total. The Labute approximate surface area is 222 Å². The molecule has 5 heteroatoms. The number of aliphatic hydroxyl groups excluding tert-OH is 1. The first kappa shape index (κ1) is 25.4. The SMILES string of the molecule is CC(N)C(=O)Nc1c[nH]c2ccc(C3CC[C@@]4(C)C(CC[C@H]5[C@@H]6CC[C@H](C(C)O)[C@@]6(C)CC[C@@H]54)C3)cc12. The summed E-state index contributed by atoms with van der Waals surface area (Å²) < 4.78 is 0. The van der Waals surface area contributed by atoms with Crippen molar-refractivity contribution < 1.29 is 9.90 Å². The van der Waals surface area contributed by atoms with E-state index < -0.39 is 6.04 Å². The van der Waals surface area contributed by atoms with E-state index in [-0.39, 0.29) is 12.0 Å². The number of carbonyl (C=O) groups is 1. The van der Waals surface area contributed by atoms with Crippen LogP contribution in [0, 0.1) is 40.4 Å². The monoisotopic (exact) mass is 505 g/mol. The maximum Gasteiger partial charge on any atom is 0.241 e. The van der Waals surface area contributed by atoms with Crippen molar-refractivity contribution in [1.29, 1.82) is 0 Å². The van der Waals surface area contributed by atoms with E-state index in [4.69, 9.17) is 5.73 Å². The van der Waals surface area contributed by atoms with Gasteiger partial charge in [-0.25, -0.2) is 0 Å². The molecule has 37 heavy (non-hydrogen) atoms. The number of aliphatic hydroxyl groups is 1. The molecule has 5 nitrogen and oxygen atoms in total. The number of hydrogen-bond acceptors (Lipinski definition) is 3. The first-order valence-corrected chi connectivity index (χ1v) is 15.0. The lowest BCUT2D eigenvalue weighted by Crippen LogP contribution is -2.53. The molecule has 2 aromatic rings. The number of rotatable bonds is 4. The molecule has 1 aromatic heterocycles. The van der Waals surface area contributed by atoms with Gasteiger partial charge in [0.1, 0.15) is 0 Å². The molecule has 10 atom stereocenters. The second-order valence-corrected chi connectivity index (χ2v) is 13.9. The lowest BCUT2D eigenvalue weighted by Gasteiger charge is -2.61. The van der Waals surface area contributed by atoms with Crippen LogP contribution in [0.3, 0.4) is 0 Å². The van der Waals surface area contributed by atoms with Gasteiger partial charge < -0.3 is 21.1 Å². The van der Waals surface area contributed by atoms with Crippen molar-refractivity contribution in [2.75, 3.05) is 5.32 Å². The third-order valence-electron chi connectivity index (χ3n) is 12.2. The van der Waals surface area contributed by atoms with Gasteiger partial charge in [-0.05, 0) is 136 Å². The van der Waals surface area contributed by atoms with Gasteiger partial charge in [-0.2, -0.15) is 0 Å². The largest absolute Gasteiger partial charge is 0.393 e. The number of anilines is 1. The number of aromatic nitrogens is 1. The van der Waals surface area contributed by atoms with Crippen molar-refractivity contribution in [1.82, 2.24) is 4.98 Å². The van der Waals surface area contributed by atoms with Gasteiger partial charge in [-0.15, -0.1) is 0 Å². The first-order valence-electron chi connectivity index (χ1n) is 15.0. The molecule has 1 amide bonds. The minimum atomic E-state index is -0.529. The van der Waals surface area contributed by atoms with E-state index in [9.17, 15) is 9.90 Å². The van der Waals surface area contributed by atoms with Crippen molar-refractivity contribution >= 4 is 22.5 Å². The van der Waals surface area contributed by atoms with Gasteiger partial charge in [0.25, 0.3) is 0 Å². The molecule has 4 fully saturated rings. The van der Waals surface area contributed by atoms with E-state index in [1.165, 1.54) is 63.4 Å². The van der Waals surface area contributed by atoms with Gasteiger partial charge in [-0.3, -0.25) is 4.79 Å². The fourth-order valence-electron chi connectivity index (χ4n) is 10.1. The molecule has 4 saturated carbocycles. The van der Waals surface area contributed by atoms with E-state index in [1.807, 2.05) is 13.1 Å². The minimum Gasteiger partial charge on any atom is -0.393 e. The molecule has 0 aliphatic heterocycles. The number of amides is 1. The third-order valence-corrected chi connectivity index (χ3v) is 12.2. The highest BCUT2D eigenvalue weighted by Gasteiger charge is 2.60. The maximum atomic E-state index is 12.2. The number of nitrogens with one attached hydrogen (secondary N) is 2. The summed E-state index contributed by atoms with van der Waals surface area (Å²) in [7, 11) is 0. The summed E-state index contributed by atoms with van der Waals surface area (Å²) in [5.41, 5.74) is 9.89. The summed E-state index contributed by atoms with van der Waals surface area (Å²) >= 11 is 0. The normalized spacial score (nSPS) is 40.9. The standard InChI is InChI=1S/C32H47N3O2/c1-18(33)30(37)35-29-17-34-28-10-5-20(16-24(28)29)21-11-13-31(3)22(15-21)6-7-23-26-9-8-25(19(2)36)32(26,4)14-12-27(23)31/h5,10,16-19,21-23,25-27,34,36H,6-9,11-15,33H2,1-4H3,(H,35,37)/t18?,19?,21?,22?,23-,25+,26-,27-,31-,32+/m0/s1. The summed E-state index contributed by atoms with van der Waals surface area (Å²) in [6.45, 7) is 8.91. The summed E-state index contributed by atoms with van der Waals surface area (Å²) in [5, 5.41) is 14.6. The second kappa shape index (κ2) is 9.12. The molecule has 0 spiro atoms. The van der Waals surface area contributed by atoms with Gasteiger partial charge in [0, 0.05) is 17.1 Å². The zero-order valence-corrected chi connectivity index (χ0v) is 23.2. The molecule has 4 aliphatic rings. The van der Waals surface area contributed by atoms with Crippen molar-refractivity contribution in [3.8, 4) is 0 Å². The van der Waals surface area contributed by atoms with Crippen LogP contribution in [0.4, 0.5) is 5.69 Å². The van der Waals surface area contributed by atoms with E-state index in [0.29, 0.717) is 22.7 Å². The first-order chi connectivity index (χ1) is 17.6. The van der Waals surface area contributed by atoms with E-state index in [0.717, 1.165) is 40.3 Å². The molecule has 1 aromatic carbocycles. The zero-order valence-electron chi connectivity index (χ0n) is 23.2. The summed E-state index contributed by atoms with van der Waals surface area (Å²) in [6, 6.07) is 6.26. The van der Waals surface area contributed by atoms with Crippen LogP contribution in [-0.2, 0) is 4.79 Å². The predicted molar refractivity (Wildman–Crippen MR) is 150 cm³/mol. The van der Waals surface area contributed by atoms with Gasteiger partial charge in [0.2, 0.25) is 5.91 Å². The number of benzene rings is 1. The highest BCUT2D eigenvalue weighted by Crippen LogP contribution is 2.68.